The number of nitrogens with zero attached hydrogens (tertiary/aromatic N) is 1. The third-order valence-electron chi connectivity index (χ3n) is 6.28. The van der Waals surface area contributed by atoms with E-state index < -0.39 is 0 Å². The highest BCUT2D eigenvalue weighted by Crippen LogP contribution is 2.35. The standard InChI is InChI=1S/C31H28FNO2/c1-34-29-17-18-30-25(21-29)8-5-19-33(27-13-11-26(32)12-14-27)31(30)20-23-9-15-28(16-10-23)35-22-24-6-3-2-4-7-24/h2-4,6-7,9-18,20-21H,5,8,19,22H2,1H3. The molecule has 0 unspecified atom stereocenters. The van der Waals surface area contributed by atoms with Crippen molar-refractivity contribution in [2.45, 2.75) is 19.4 Å². The highest BCUT2D eigenvalue weighted by Gasteiger charge is 2.21. The predicted molar refractivity (Wildman–Crippen MR) is 140 cm³/mol. The largest absolute Gasteiger partial charge is 0.497 e. The van der Waals surface area contributed by atoms with Gasteiger partial charge in [-0.1, -0.05) is 42.5 Å². The monoisotopic (exact) mass is 465 g/mol. The first-order chi connectivity index (χ1) is 17.2. The van der Waals surface area contributed by atoms with Crippen LogP contribution in [0.3, 0.4) is 0 Å². The molecule has 0 aromatic heterocycles. The molecule has 35 heavy (non-hydrogen) atoms. The maximum atomic E-state index is 13.7. The van der Waals surface area contributed by atoms with Crippen molar-refractivity contribution < 1.29 is 13.9 Å². The third kappa shape index (κ3) is 5.38. The van der Waals surface area contributed by atoms with E-state index >= 15 is 0 Å². The molecule has 0 saturated carbocycles. The van der Waals surface area contributed by atoms with Gasteiger partial charge in [0.1, 0.15) is 23.9 Å². The van der Waals surface area contributed by atoms with Crippen LogP contribution in [-0.4, -0.2) is 13.7 Å². The van der Waals surface area contributed by atoms with Gasteiger partial charge < -0.3 is 14.4 Å². The summed E-state index contributed by atoms with van der Waals surface area (Å²) in [5.41, 5.74) is 6.69. The Balaban J connectivity index is 1.48. The summed E-state index contributed by atoms with van der Waals surface area (Å²) >= 11 is 0. The maximum absolute atomic E-state index is 13.7. The first kappa shape index (κ1) is 22.7. The number of fused-ring (bicyclic) bond motifs is 1. The van der Waals surface area contributed by atoms with Crippen LogP contribution < -0.4 is 14.4 Å². The highest BCUT2D eigenvalue weighted by molar-refractivity contribution is 5.91. The van der Waals surface area contributed by atoms with Crippen molar-refractivity contribution in [1.82, 2.24) is 0 Å². The molecule has 0 N–H and O–H groups in total. The molecule has 0 spiro atoms. The highest BCUT2D eigenvalue weighted by atomic mass is 19.1. The fourth-order valence-electron chi connectivity index (χ4n) is 4.45. The maximum Gasteiger partial charge on any atom is 0.123 e. The predicted octanol–water partition coefficient (Wildman–Crippen LogP) is 7.36. The molecule has 4 heteroatoms. The number of rotatable bonds is 6. The van der Waals surface area contributed by atoms with E-state index in [1.54, 1.807) is 7.11 Å². The van der Waals surface area contributed by atoms with Crippen LogP contribution in [0.5, 0.6) is 11.5 Å². The molecule has 0 fully saturated rings. The number of ether oxygens (including phenoxy) is 2. The van der Waals surface area contributed by atoms with Gasteiger partial charge in [0.25, 0.3) is 0 Å². The van der Waals surface area contributed by atoms with Gasteiger partial charge >= 0.3 is 0 Å². The summed E-state index contributed by atoms with van der Waals surface area (Å²) in [6.45, 7) is 1.38. The SMILES string of the molecule is COc1ccc2c(c1)CCCN(c1ccc(F)cc1)C2=Cc1ccc(OCc2ccccc2)cc1. The molecular formula is C31H28FNO2. The van der Waals surface area contributed by atoms with Crippen molar-refractivity contribution in [3.8, 4) is 11.5 Å². The van der Waals surface area contributed by atoms with Crippen LogP contribution in [0, 0.1) is 5.82 Å². The van der Waals surface area contributed by atoms with E-state index in [9.17, 15) is 4.39 Å². The molecule has 0 bridgehead atoms. The van der Waals surface area contributed by atoms with Gasteiger partial charge in [-0.3, -0.25) is 0 Å². The molecule has 3 nitrogen and oxygen atoms in total. The van der Waals surface area contributed by atoms with Crippen LogP contribution in [0.1, 0.15) is 28.7 Å². The lowest BCUT2D eigenvalue weighted by Crippen LogP contribution is -2.21. The summed E-state index contributed by atoms with van der Waals surface area (Å²) in [6, 6.07) is 31.3. The normalized spacial score (nSPS) is 14.3. The zero-order valence-corrected chi connectivity index (χ0v) is 19.8. The van der Waals surface area contributed by atoms with Crippen molar-refractivity contribution in [2.24, 2.45) is 0 Å². The molecule has 0 amide bonds. The van der Waals surface area contributed by atoms with Gasteiger partial charge in [0.05, 0.1) is 7.11 Å². The number of anilines is 1. The van der Waals surface area contributed by atoms with Gasteiger partial charge in [-0.15, -0.1) is 0 Å². The number of methoxy groups -OCH3 is 1. The van der Waals surface area contributed by atoms with Gasteiger partial charge in [0, 0.05) is 23.5 Å². The number of aryl methyl sites for hydroxylation is 1. The molecule has 0 saturated heterocycles. The smallest absolute Gasteiger partial charge is 0.123 e. The minimum absolute atomic E-state index is 0.231. The minimum Gasteiger partial charge on any atom is -0.497 e. The summed E-state index contributed by atoms with van der Waals surface area (Å²) < 4.78 is 25.1. The second-order valence-electron chi connectivity index (χ2n) is 8.63. The van der Waals surface area contributed by atoms with Crippen LogP contribution >= 0.6 is 0 Å². The van der Waals surface area contributed by atoms with Crippen molar-refractivity contribution >= 4 is 17.5 Å². The van der Waals surface area contributed by atoms with Crippen LogP contribution in [0.15, 0.2) is 97.1 Å². The lowest BCUT2D eigenvalue weighted by atomic mass is 9.99. The fourth-order valence-corrected chi connectivity index (χ4v) is 4.45. The first-order valence-electron chi connectivity index (χ1n) is 11.9. The molecular weight excluding hydrogens is 437 g/mol. The van der Waals surface area contributed by atoms with Crippen LogP contribution in [0.2, 0.25) is 0 Å². The van der Waals surface area contributed by atoms with E-state index in [0.717, 1.165) is 59.0 Å². The average molecular weight is 466 g/mol. The van der Waals surface area contributed by atoms with Crippen molar-refractivity contribution in [1.29, 1.82) is 0 Å². The fraction of sp³-hybridized carbons (Fsp3) is 0.161. The quantitative estimate of drug-likeness (QED) is 0.297. The summed E-state index contributed by atoms with van der Waals surface area (Å²) in [5, 5.41) is 0. The van der Waals surface area contributed by atoms with E-state index in [-0.39, 0.29) is 5.82 Å². The van der Waals surface area contributed by atoms with Crippen molar-refractivity contribution in [3.05, 3.63) is 125 Å². The lowest BCUT2D eigenvalue weighted by Gasteiger charge is -2.27. The number of halogens is 1. The van der Waals surface area contributed by atoms with E-state index in [0.29, 0.717) is 6.61 Å². The Morgan fingerprint density at radius 2 is 1.60 bits per heavy atom. The molecule has 4 aromatic rings. The third-order valence-corrected chi connectivity index (χ3v) is 6.28. The van der Waals surface area contributed by atoms with Gasteiger partial charge in [-0.25, -0.2) is 4.39 Å². The second kappa shape index (κ2) is 10.5. The number of hydrogen-bond donors (Lipinski definition) is 0. The molecule has 176 valence electrons. The van der Waals surface area contributed by atoms with Crippen LogP contribution in [0.25, 0.3) is 11.8 Å². The van der Waals surface area contributed by atoms with Crippen LogP contribution in [-0.2, 0) is 13.0 Å². The Morgan fingerprint density at radius 1 is 0.857 bits per heavy atom. The zero-order chi connectivity index (χ0) is 24.0. The Kier molecular flexibility index (Phi) is 6.80. The Hall–Kier alpha value is -4.05. The second-order valence-corrected chi connectivity index (χ2v) is 8.63. The number of hydrogen-bond acceptors (Lipinski definition) is 3. The topological polar surface area (TPSA) is 21.7 Å². The van der Waals surface area contributed by atoms with E-state index in [2.05, 4.69) is 47.4 Å². The summed E-state index contributed by atoms with van der Waals surface area (Å²) in [5.74, 6) is 1.46. The summed E-state index contributed by atoms with van der Waals surface area (Å²) in [7, 11) is 1.70. The van der Waals surface area contributed by atoms with Gasteiger partial charge in [0.2, 0.25) is 0 Å². The molecule has 0 radical (unpaired) electrons. The molecule has 1 aliphatic rings. The van der Waals surface area contributed by atoms with Crippen molar-refractivity contribution in [3.63, 3.8) is 0 Å². The molecule has 1 aliphatic heterocycles. The van der Waals surface area contributed by atoms with Gasteiger partial charge in [-0.05, 0) is 90.2 Å². The Labute approximate surface area is 206 Å². The Bertz CT molecular complexity index is 1300. The zero-order valence-electron chi connectivity index (χ0n) is 19.8. The molecule has 5 rings (SSSR count). The molecule has 0 atom stereocenters. The number of benzene rings is 4. The lowest BCUT2D eigenvalue weighted by molar-refractivity contribution is 0.306. The van der Waals surface area contributed by atoms with Crippen LogP contribution in [0.4, 0.5) is 10.1 Å². The van der Waals surface area contributed by atoms with E-state index in [4.69, 9.17) is 9.47 Å². The molecule has 4 aromatic carbocycles. The molecule has 1 heterocycles. The van der Waals surface area contributed by atoms with E-state index in [1.807, 2.05) is 48.5 Å². The Morgan fingerprint density at radius 3 is 2.34 bits per heavy atom. The molecule has 0 aliphatic carbocycles. The van der Waals surface area contributed by atoms with Crippen molar-refractivity contribution in [2.75, 3.05) is 18.6 Å². The van der Waals surface area contributed by atoms with Gasteiger partial charge in [0.15, 0.2) is 0 Å². The first-order valence-corrected chi connectivity index (χ1v) is 11.9. The van der Waals surface area contributed by atoms with Gasteiger partial charge in [-0.2, -0.15) is 0 Å². The van der Waals surface area contributed by atoms with E-state index in [1.165, 1.54) is 17.7 Å². The summed E-state index contributed by atoms with van der Waals surface area (Å²) in [4.78, 5) is 2.28. The summed E-state index contributed by atoms with van der Waals surface area (Å²) in [6.07, 6.45) is 4.13. The average Bonchev–Trinajstić information content (AvgIpc) is 3.08. The minimum atomic E-state index is -0.231.